The van der Waals surface area contributed by atoms with Crippen LogP contribution >= 0.6 is 0 Å². The quantitative estimate of drug-likeness (QED) is 0.428. The summed E-state index contributed by atoms with van der Waals surface area (Å²) in [5.41, 5.74) is 13.7. The van der Waals surface area contributed by atoms with Crippen LogP contribution in [0.5, 0.6) is 0 Å². The molecule has 0 spiro atoms. The van der Waals surface area contributed by atoms with E-state index in [0.29, 0.717) is 12.1 Å². The van der Waals surface area contributed by atoms with Gasteiger partial charge in [-0.05, 0) is 46.5 Å². The molecule has 0 heterocycles. The minimum absolute atomic E-state index is 0.116. The topological polar surface area (TPSA) is 122 Å². The van der Waals surface area contributed by atoms with E-state index in [0.717, 1.165) is 21.9 Å². The number of aliphatic carboxylic acids is 1. The SMILES string of the molecule is CN(Cc1ccc2ccccc2c1)C(N)=NC(=O)c1ccc(CC(N)C(=O)O)cc1. The van der Waals surface area contributed by atoms with Gasteiger partial charge in [-0.2, -0.15) is 4.99 Å². The number of hydrogen-bond acceptors (Lipinski definition) is 3. The maximum atomic E-state index is 12.4. The van der Waals surface area contributed by atoms with E-state index in [1.165, 1.54) is 0 Å². The van der Waals surface area contributed by atoms with Gasteiger partial charge in [-0.15, -0.1) is 0 Å². The van der Waals surface area contributed by atoms with Crippen molar-refractivity contribution in [1.29, 1.82) is 0 Å². The van der Waals surface area contributed by atoms with Crippen molar-refractivity contribution < 1.29 is 14.7 Å². The second kappa shape index (κ2) is 9.19. The number of rotatable bonds is 6. The third kappa shape index (κ3) is 5.21. The highest BCUT2D eigenvalue weighted by Crippen LogP contribution is 2.16. The lowest BCUT2D eigenvalue weighted by Crippen LogP contribution is -2.34. The Morgan fingerprint density at radius 3 is 2.30 bits per heavy atom. The fraction of sp³-hybridized carbons (Fsp3) is 0.174. The van der Waals surface area contributed by atoms with E-state index < -0.39 is 17.9 Å². The largest absolute Gasteiger partial charge is 0.480 e. The lowest BCUT2D eigenvalue weighted by molar-refractivity contribution is -0.138. The second-order valence-electron chi connectivity index (χ2n) is 7.16. The zero-order chi connectivity index (χ0) is 21.7. The van der Waals surface area contributed by atoms with Gasteiger partial charge in [0, 0.05) is 19.2 Å². The van der Waals surface area contributed by atoms with E-state index in [9.17, 15) is 9.59 Å². The smallest absolute Gasteiger partial charge is 0.320 e. The highest BCUT2D eigenvalue weighted by molar-refractivity contribution is 6.02. The molecule has 154 valence electrons. The molecule has 1 atom stereocenters. The number of carboxylic acid groups (broad SMARTS) is 1. The standard InChI is InChI=1S/C23H24N4O3/c1-27(14-16-8-9-17-4-2-3-5-19(17)12-16)23(25)26-21(28)18-10-6-15(7-11-18)13-20(24)22(29)30/h2-12,20H,13-14,24H2,1H3,(H,29,30)(H2,25,26,28). The Hall–Kier alpha value is -3.71. The minimum atomic E-state index is -1.07. The summed E-state index contributed by atoms with van der Waals surface area (Å²) in [4.78, 5) is 29.0. The van der Waals surface area contributed by atoms with Crippen LogP contribution in [-0.4, -0.2) is 40.9 Å². The van der Waals surface area contributed by atoms with Crippen molar-refractivity contribution in [1.82, 2.24) is 4.90 Å². The maximum absolute atomic E-state index is 12.4. The summed E-state index contributed by atoms with van der Waals surface area (Å²) in [5.74, 6) is -1.42. The summed E-state index contributed by atoms with van der Waals surface area (Å²) >= 11 is 0. The molecule has 7 nitrogen and oxygen atoms in total. The number of guanidine groups is 1. The van der Waals surface area contributed by atoms with Crippen LogP contribution in [0.1, 0.15) is 21.5 Å². The number of nitrogens with zero attached hydrogens (tertiary/aromatic N) is 2. The summed E-state index contributed by atoms with van der Waals surface area (Å²) < 4.78 is 0. The number of carbonyl (C=O) groups excluding carboxylic acids is 1. The van der Waals surface area contributed by atoms with Crippen LogP contribution in [0.2, 0.25) is 0 Å². The number of benzene rings is 3. The number of nitrogens with two attached hydrogens (primary N) is 2. The number of hydrogen-bond donors (Lipinski definition) is 3. The second-order valence-corrected chi connectivity index (χ2v) is 7.16. The third-order valence-electron chi connectivity index (χ3n) is 4.81. The van der Waals surface area contributed by atoms with Crippen molar-refractivity contribution in [2.75, 3.05) is 7.05 Å². The highest BCUT2D eigenvalue weighted by atomic mass is 16.4. The third-order valence-corrected chi connectivity index (χ3v) is 4.81. The van der Waals surface area contributed by atoms with Crippen molar-refractivity contribution in [3.8, 4) is 0 Å². The number of amides is 1. The molecule has 3 aromatic carbocycles. The van der Waals surface area contributed by atoms with Crippen LogP contribution in [-0.2, 0) is 17.8 Å². The molecule has 0 aliphatic carbocycles. The van der Waals surface area contributed by atoms with Gasteiger partial charge in [0.25, 0.3) is 5.91 Å². The minimum Gasteiger partial charge on any atom is -0.480 e. The van der Waals surface area contributed by atoms with Crippen LogP contribution in [0.4, 0.5) is 0 Å². The monoisotopic (exact) mass is 404 g/mol. The summed E-state index contributed by atoms with van der Waals surface area (Å²) in [7, 11) is 1.78. The number of carboxylic acids is 1. The van der Waals surface area contributed by atoms with Crippen LogP contribution in [0.15, 0.2) is 71.7 Å². The summed E-state index contributed by atoms with van der Waals surface area (Å²) in [6.07, 6.45) is 0.184. The van der Waals surface area contributed by atoms with Crippen molar-refractivity contribution >= 4 is 28.6 Å². The molecule has 1 unspecified atom stereocenters. The van der Waals surface area contributed by atoms with Crippen molar-refractivity contribution in [3.05, 3.63) is 83.4 Å². The first kappa shape index (κ1) is 21.0. The summed E-state index contributed by atoms with van der Waals surface area (Å²) in [6.45, 7) is 0.513. The van der Waals surface area contributed by atoms with Gasteiger partial charge in [-0.3, -0.25) is 9.59 Å². The van der Waals surface area contributed by atoms with Gasteiger partial charge in [0.15, 0.2) is 5.96 Å². The predicted molar refractivity (Wildman–Crippen MR) is 117 cm³/mol. The van der Waals surface area contributed by atoms with E-state index >= 15 is 0 Å². The summed E-state index contributed by atoms with van der Waals surface area (Å²) in [5, 5.41) is 11.2. The summed E-state index contributed by atoms with van der Waals surface area (Å²) in [6, 6.07) is 19.8. The number of carbonyl (C=O) groups is 2. The van der Waals surface area contributed by atoms with E-state index in [-0.39, 0.29) is 12.4 Å². The molecule has 3 aromatic rings. The van der Waals surface area contributed by atoms with E-state index in [2.05, 4.69) is 23.2 Å². The molecule has 5 N–H and O–H groups in total. The lowest BCUT2D eigenvalue weighted by atomic mass is 10.0. The zero-order valence-electron chi connectivity index (χ0n) is 16.7. The Balaban J connectivity index is 1.65. The lowest BCUT2D eigenvalue weighted by Gasteiger charge is -2.18. The fourth-order valence-corrected chi connectivity index (χ4v) is 3.07. The zero-order valence-corrected chi connectivity index (χ0v) is 16.7. The van der Waals surface area contributed by atoms with Crippen LogP contribution < -0.4 is 11.5 Å². The first-order chi connectivity index (χ1) is 14.3. The van der Waals surface area contributed by atoms with Gasteiger partial charge in [0.1, 0.15) is 6.04 Å². The van der Waals surface area contributed by atoms with Crippen LogP contribution in [0, 0.1) is 0 Å². The van der Waals surface area contributed by atoms with Gasteiger partial charge >= 0.3 is 5.97 Å². The molecule has 0 bridgehead atoms. The first-order valence-electron chi connectivity index (χ1n) is 9.48. The number of fused-ring (bicyclic) bond motifs is 1. The molecule has 0 aromatic heterocycles. The van der Waals surface area contributed by atoms with Gasteiger partial charge in [-0.1, -0.05) is 48.5 Å². The van der Waals surface area contributed by atoms with Gasteiger partial charge in [0.05, 0.1) is 0 Å². The Morgan fingerprint density at radius 1 is 1.00 bits per heavy atom. The van der Waals surface area contributed by atoms with Gasteiger partial charge in [0.2, 0.25) is 0 Å². The average molecular weight is 404 g/mol. The maximum Gasteiger partial charge on any atom is 0.320 e. The molecule has 1 amide bonds. The molecule has 3 rings (SSSR count). The molecule has 0 aliphatic heterocycles. The molecule has 30 heavy (non-hydrogen) atoms. The van der Waals surface area contributed by atoms with Crippen molar-refractivity contribution in [2.45, 2.75) is 19.0 Å². The molecule has 0 saturated heterocycles. The average Bonchev–Trinajstić information content (AvgIpc) is 2.74. The van der Waals surface area contributed by atoms with Gasteiger partial charge < -0.3 is 21.5 Å². The van der Waals surface area contributed by atoms with E-state index in [4.69, 9.17) is 16.6 Å². The molecule has 0 radical (unpaired) electrons. The molecule has 7 heteroatoms. The Kier molecular flexibility index (Phi) is 6.44. The molecule has 0 saturated carbocycles. The highest BCUT2D eigenvalue weighted by Gasteiger charge is 2.13. The molecule has 0 aliphatic rings. The van der Waals surface area contributed by atoms with Gasteiger partial charge in [-0.25, -0.2) is 0 Å². The van der Waals surface area contributed by atoms with Crippen molar-refractivity contribution in [2.24, 2.45) is 16.5 Å². The van der Waals surface area contributed by atoms with E-state index in [1.807, 2.05) is 24.3 Å². The normalized spacial score (nSPS) is 12.5. The molecular weight excluding hydrogens is 380 g/mol. The Labute approximate surface area is 174 Å². The fourth-order valence-electron chi connectivity index (χ4n) is 3.07. The Morgan fingerprint density at radius 2 is 1.63 bits per heavy atom. The van der Waals surface area contributed by atoms with Crippen molar-refractivity contribution in [3.63, 3.8) is 0 Å². The molecule has 0 fully saturated rings. The molecular formula is C23H24N4O3. The first-order valence-corrected chi connectivity index (χ1v) is 9.48. The number of aliphatic imine (C=N–C) groups is 1. The van der Waals surface area contributed by atoms with Crippen LogP contribution in [0.3, 0.4) is 0 Å². The van der Waals surface area contributed by atoms with Crippen LogP contribution in [0.25, 0.3) is 10.8 Å². The Bertz CT molecular complexity index is 1090. The van der Waals surface area contributed by atoms with E-state index in [1.54, 1.807) is 36.2 Å². The predicted octanol–water partition coefficient (Wildman–Crippen LogP) is 2.38.